The Bertz CT molecular complexity index is 861. The number of fused-ring (bicyclic) bond motifs is 1. The summed E-state index contributed by atoms with van der Waals surface area (Å²) in [6.45, 7) is 5.04. The van der Waals surface area contributed by atoms with E-state index in [1.165, 1.54) is 36.1 Å². The second kappa shape index (κ2) is 6.96. The Kier molecular flexibility index (Phi) is 4.53. The molecule has 25 heavy (non-hydrogen) atoms. The van der Waals surface area contributed by atoms with Gasteiger partial charge in [0.05, 0.1) is 11.0 Å². The van der Waals surface area contributed by atoms with Crippen molar-refractivity contribution in [3.05, 3.63) is 65.2 Å². The predicted molar refractivity (Wildman–Crippen MR) is 99.3 cm³/mol. The van der Waals surface area contributed by atoms with Crippen molar-refractivity contribution in [1.29, 1.82) is 0 Å². The van der Waals surface area contributed by atoms with Crippen molar-refractivity contribution < 1.29 is 4.39 Å². The molecule has 1 aromatic heterocycles. The summed E-state index contributed by atoms with van der Waals surface area (Å²) in [4.78, 5) is 4.95. The van der Waals surface area contributed by atoms with E-state index in [9.17, 15) is 4.39 Å². The van der Waals surface area contributed by atoms with E-state index in [1.54, 1.807) is 0 Å². The Morgan fingerprint density at radius 3 is 2.64 bits per heavy atom. The number of hydrogen-bond acceptors (Lipinski definition) is 2. The third-order valence-corrected chi connectivity index (χ3v) is 5.17. The molecular weight excluding hydrogens is 313 g/mol. The zero-order chi connectivity index (χ0) is 17.2. The van der Waals surface area contributed by atoms with Crippen LogP contribution in [-0.4, -0.2) is 22.6 Å². The first kappa shape index (κ1) is 16.3. The van der Waals surface area contributed by atoms with Gasteiger partial charge in [-0.15, -0.1) is 0 Å². The van der Waals surface area contributed by atoms with E-state index in [1.807, 2.05) is 12.1 Å². The first-order chi connectivity index (χ1) is 12.2. The molecule has 0 aliphatic carbocycles. The first-order valence-corrected chi connectivity index (χ1v) is 9.10. The number of imidazole rings is 1. The number of benzene rings is 2. The molecule has 0 spiro atoms. The first-order valence-electron chi connectivity index (χ1n) is 9.10. The summed E-state index contributed by atoms with van der Waals surface area (Å²) in [6.07, 6.45) is 3.42. The molecule has 3 aromatic rings. The fourth-order valence-electron chi connectivity index (χ4n) is 3.74. The number of nitrogens with zero attached hydrogens (tertiary/aromatic N) is 2. The molecule has 0 bridgehead atoms. The van der Waals surface area contributed by atoms with E-state index in [-0.39, 0.29) is 5.82 Å². The van der Waals surface area contributed by atoms with Gasteiger partial charge < -0.3 is 9.88 Å². The summed E-state index contributed by atoms with van der Waals surface area (Å²) in [7, 11) is 0. The van der Waals surface area contributed by atoms with Crippen LogP contribution < -0.4 is 5.32 Å². The van der Waals surface area contributed by atoms with E-state index in [0.29, 0.717) is 5.92 Å². The van der Waals surface area contributed by atoms with E-state index in [4.69, 9.17) is 4.98 Å². The maximum atomic E-state index is 13.2. The van der Waals surface area contributed by atoms with Crippen LogP contribution >= 0.6 is 0 Å². The molecule has 1 fully saturated rings. The molecule has 0 amide bonds. The highest BCUT2D eigenvalue weighted by molar-refractivity contribution is 5.77. The van der Waals surface area contributed by atoms with Gasteiger partial charge in [0.25, 0.3) is 0 Å². The molecule has 0 radical (unpaired) electrons. The van der Waals surface area contributed by atoms with Gasteiger partial charge in [0.15, 0.2) is 0 Å². The van der Waals surface area contributed by atoms with Gasteiger partial charge in [0.2, 0.25) is 0 Å². The van der Waals surface area contributed by atoms with Crippen LogP contribution in [0.5, 0.6) is 0 Å². The van der Waals surface area contributed by atoms with Gasteiger partial charge in [-0.1, -0.05) is 18.2 Å². The van der Waals surface area contributed by atoms with E-state index < -0.39 is 0 Å². The zero-order valence-corrected chi connectivity index (χ0v) is 14.6. The topological polar surface area (TPSA) is 29.9 Å². The van der Waals surface area contributed by atoms with Crippen LogP contribution in [0, 0.1) is 18.7 Å². The Balaban J connectivity index is 1.70. The fraction of sp³-hybridized carbons (Fsp3) is 0.381. The monoisotopic (exact) mass is 337 g/mol. The molecule has 1 aliphatic rings. The number of hydrogen-bond donors (Lipinski definition) is 1. The van der Waals surface area contributed by atoms with Crippen LogP contribution in [0.1, 0.15) is 29.8 Å². The average molecular weight is 337 g/mol. The van der Waals surface area contributed by atoms with Crippen molar-refractivity contribution in [3.8, 4) is 0 Å². The molecule has 130 valence electrons. The van der Waals surface area contributed by atoms with Gasteiger partial charge in [-0.05, 0) is 74.2 Å². The Labute approximate surface area is 147 Å². The quantitative estimate of drug-likeness (QED) is 0.777. The van der Waals surface area contributed by atoms with Crippen LogP contribution in [0.2, 0.25) is 0 Å². The van der Waals surface area contributed by atoms with Crippen LogP contribution in [0.15, 0.2) is 42.5 Å². The van der Waals surface area contributed by atoms with Crippen molar-refractivity contribution >= 4 is 11.0 Å². The largest absolute Gasteiger partial charge is 0.323 e. The third-order valence-electron chi connectivity index (χ3n) is 5.17. The van der Waals surface area contributed by atoms with Gasteiger partial charge in [0, 0.05) is 13.0 Å². The van der Waals surface area contributed by atoms with Gasteiger partial charge in [-0.3, -0.25) is 0 Å². The van der Waals surface area contributed by atoms with Gasteiger partial charge >= 0.3 is 0 Å². The number of piperidine rings is 1. The Morgan fingerprint density at radius 1 is 1.12 bits per heavy atom. The van der Waals surface area contributed by atoms with Crippen molar-refractivity contribution in [2.45, 2.75) is 32.7 Å². The summed E-state index contributed by atoms with van der Waals surface area (Å²) in [5, 5.41) is 3.43. The van der Waals surface area contributed by atoms with Crippen LogP contribution in [0.3, 0.4) is 0 Å². The normalized spacial score (nSPS) is 15.8. The third kappa shape index (κ3) is 3.59. The minimum absolute atomic E-state index is 0.190. The highest BCUT2D eigenvalue weighted by Crippen LogP contribution is 2.24. The maximum absolute atomic E-state index is 13.2. The molecule has 3 nitrogen and oxygen atoms in total. The molecule has 4 rings (SSSR count). The summed E-state index contributed by atoms with van der Waals surface area (Å²) >= 11 is 0. The predicted octanol–water partition coefficient (Wildman–Crippen LogP) is 4.07. The lowest BCUT2D eigenvalue weighted by Crippen LogP contribution is -2.29. The lowest BCUT2D eigenvalue weighted by Gasteiger charge is -2.22. The number of aryl methyl sites for hydroxylation is 1. The molecule has 4 heteroatoms. The number of halogens is 1. The van der Waals surface area contributed by atoms with Crippen LogP contribution in [-0.2, 0) is 13.0 Å². The molecule has 0 unspecified atom stereocenters. The van der Waals surface area contributed by atoms with Crippen molar-refractivity contribution in [3.63, 3.8) is 0 Å². The number of rotatable bonds is 4. The maximum Gasteiger partial charge on any atom is 0.123 e. The average Bonchev–Trinajstić information content (AvgIpc) is 2.94. The van der Waals surface area contributed by atoms with E-state index >= 15 is 0 Å². The second-order valence-electron chi connectivity index (χ2n) is 7.13. The Hall–Kier alpha value is -2.20. The highest BCUT2D eigenvalue weighted by Gasteiger charge is 2.18. The van der Waals surface area contributed by atoms with Crippen molar-refractivity contribution in [2.75, 3.05) is 13.1 Å². The molecule has 0 atom stereocenters. The summed E-state index contributed by atoms with van der Waals surface area (Å²) in [5.74, 6) is 1.65. The molecule has 1 aliphatic heterocycles. The number of nitrogens with one attached hydrogen (secondary N) is 1. The lowest BCUT2D eigenvalue weighted by molar-refractivity contribution is 0.364. The molecule has 1 saturated heterocycles. The smallest absolute Gasteiger partial charge is 0.123 e. The highest BCUT2D eigenvalue weighted by atomic mass is 19.1. The van der Waals surface area contributed by atoms with Crippen molar-refractivity contribution in [2.24, 2.45) is 5.92 Å². The van der Waals surface area contributed by atoms with E-state index in [2.05, 4.69) is 35.0 Å². The summed E-state index contributed by atoms with van der Waals surface area (Å²) in [5.41, 5.74) is 4.56. The summed E-state index contributed by atoms with van der Waals surface area (Å²) < 4.78 is 15.5. The summed E-state index contributed by atoms with van der Waals surface area (Å²) in [6, 6.07) is 13.2. The standard InChI is InChI=1S/C21H24FN3/c1-15-2-7-20-19(12-15)24-21(13-16-8-10-23-11-9-16)25(20)14-17-3-5-18(22)6-4-17/h2-7,12,16,23H,8-11,13-14H2,1H3. The fourth-order valence-corrected chi connectivity index (χ4v) is 3.74. The molecule has 2 heterocycles. The van der Waals surface area contributed by atoms with Crippen LogP contribution in [0.25, 0.3) is 11.0 Å². The minimum Gasteiger partial charge on any atom is -0.323 e. The zero-order valence-electron chi connectivity index (χ0n) is 14.6. The van der Waals surface area contributed by atoms with Gasteiger partial charge in [-0.2, -0.15) is 0 Å². The minimum atomic E-state index is -0.190. The van der Waals surface area contributed by atoms with Gasteiger partial charge in [-0.25, -0.2) is 9.37 Å². The number of aromatic nitrogens is 2. The Morgan fingerprint density at radius 2 is 1.88 bits per heavy atom. The SMILES string of the molecule is Cc1ccc2c(c1)nc(CC1CCNCC1)n2Cc1ccc(F)cc1. The van der Waals surface area contributed by atoms with E-state index in [0.717, 1.165) is 43.0 Å². The lowest BCUT2D eigenvalue weighted by atomic mass is 9.94. The second-order valence-corrected chi connectivity index (χ2v) is 7.13. The molecule has 2 aromatic carbocycles. The molecule has 0 saturated carbocycles. The molecular formula is C21H24FN3. The molecule has 1 N–H and O–H groups in total. The van der Waals surface area contributed by atoms with Gasteiger partial charge in [0.1, 0.15) is 11.6 Å². The van der Waals surface area contributed by atoms with Crippen LogP contribution in [0.4, 0.5) is 4.39 Å². The van der Waals surface area contributed by atoms with Crippen molar-refractivity contribution in [1.82, 2.24) is 14.9 Å².